The van der Waals surface area contributed by atoms with Crippen LogP contribution in [0.5, 0.6) is 17.2 Å². The number of para-hydroxylation sites is 2. The Morgan fingerprint density at radius 3 is 2.44 bits per heavy atom. The number of methoxy groups -OCH3 is 2. The number of fused-ring (bicyclic) bond motifs is 1. The zero-order valence-corrected chi connectivity index (χ0v) is 22.7. The third kappa shape index (κ3) is 6.38. The molecule has 4 aromatic carbocycles. The van der Waals surface area contributed by atoms with Crippen LogP contribution in [0.1, 0.15) is 27.0 Å². The van der Waals surface area contributed by atoms with Crippen molar-refractivity contribution in [2.24, 2.45) is 0 Å². The summed E-state index contributed by atoms with van der Waals surface area (Å²) in [6.07, 6.45) is 2.26. The fourth-order valence-corrected chi connectivity index (χ4v) is 4.58. The van der Waals surface area contributed by atoms with Gasteiger partial charge < -0.3 is 19.5 Å². The van der Waals surface area contributed by atoms with Crippen LogP contribution in [-0.2, 0) is 17.8 Å². The lowest BCUT2D eigenvalue weighted by Gasteiger charge is -2.30. The number of carbonyl (C=O) groups is 2. The Morgan fingerprint density at radius 1 is 0.902 bits per heavy atom. The highest BCUT2D eigenvalue weighted by Gasteiger charge is 2.30. The van der Waals surface area contributed by atoms with Crippen molar-refractivity contribution in [3.63, 3.8) is 0 Å². The summed E-state index contributed by atoms with van der Waals surface area (Å²) < 4.78 is 30.3. The Balaban J connectivity index is 1.26. The molecule has 0 radical (unpaired) electrons. The van der Waals surface area contributed by atoms with Crippen LogP contribution < -0.4 is 24.4 Å². The molecule has 4 aromatic rings. The van der Waals surface area contributed by atoms with Crippen LogP contribution in [0.2, 0.25) is 0 Å². The fourth-order valence-electron chi connectivity index (χ4n) is 4.58. The first-order valence-corrected chi connectivity index (χ1v) is 13.1. The molecule has 0 saturated carbocycles. The van der Waals surface area contributed by atoms with E-state index in [1.165, 1.54) is 12.1 Å². The van der Waals surface area contributed by atoms with E-state index in [1.54, 1.807) is 73.7 Å². The number of nitrogens with one attached hydrogen (secondary N) is 1. The molecule has 0 aliphatic carbocycles. The minimum atomic E-state index is -0.364. The van der Waals surface area contributed by atoms with E-state index in [0.29, 0.717) is 52.6 Å². The summed E-state index contributed by atoms with van der Waals surface area (Å²) in [7, 11) is 3.17. The molecule has 2 amide bonds. The van der Waals surface area contributed by atoms with Crippen LogP contribution in [0.15, 0.2) is 96.8 Å². The van der Waals surface area contributed by atoms with Crippen molar-refractivity contribution in [2.75, 3.05) is 25.7 Å². The molecule has 208 valence electrons. The molecule has 1 aliphatic heterocycles. The lowest BCUT2D eigenvalue weighted by Crippen LogP contribution is -2.36. The highest BCUT2D eigenvalue weighted by atomic mass is 19.1. The van der Waals surface area contributed by atoms with Gasteiger partial charge in [0.05, 0.1) is 26.5 Å². The van der Waals surface area contributed by atoms with Crippen LogP contribution >= 0.6 is 0 Å². The van der Waals surface area contributed by atoms with Gasteiger partial charge >= 0.3 is 0 Å². The first-order chi connectivity index (χ1) is 19.9. The second-order valence-corrected chi connectivity index (χ2v) is 9.42. The Kier molecular flexibility index (Phi) is 8.29. The van der Waals surface area contributed by atoms with Gasteiger partial charge in [-0.2, -0.15) is 0 Å². The van der Waals surface area contributed by atoms with Crippen LogP contribution in [-0.4, -0.2) is 32.6 Å². The van der Waals surface area contributed by atoms with Gasteiger partial charge in [0.25, 0.3) is 11.8 Å². The van der Waals surface area contributed by atoms with Gasteiger partial charge in [-0.15, -0.1) is 0 Å². The van der Waals surface area contributed by atoms with E-state index in [2.05, 4.69) is 5.32 Å². The van der Waals surface area contributed by atoms with Gasteiger partial charge in [-0.3, -0.25) is 14.5 Å². The lowest BCUT2D eigenvalue weighted by molar-refractivity contribution is -0.117. The van der Waals surface area contributed by atoms with E-state index in [-0.39, 0.29) is 29.9 Å². The Hall–Kier alpha value is -5.11. The summed E-state index contributed by atoms with van der Waals surface area (Å²) >= 11 is 0. The predicted octanol–water partition coefficient (Wildman–Crippen LogP) is 5.78. The van der Waals surface area contributed by atoms with Crippen molar-refractivity contribution in [1.82, 2.24) is 5.32 Å². The lowest BCUT2D eigenvalue weighted by atomic mass is 10.1. The molecule has 1 heterocycles. The average Bonchev–Trinajstić information content (AvgIpc) is 2.99. The van der Waals surface area contributed by atoms with Gasteiger partial charge in [0.2, 0.25) is 0 Å². The van der Waals surface area contributed by atoms with Gasteiger partial charge in [-0.1, -0.05) is 42.5 Å². The molecule has 0 bridgehead atoms. The van der Waals surface area contributed by atoms with Gasteiger partial charge in [0.15, 0.2) is 23.0 Å². The van der Waals surface area contributed by atoms with Gasteiger partial charge in [-0.25, -0.2) is 4.39 Å². The largest absolute Gasteiger partial charge is 0.493 e. The summed E-state index contributed by atoms with van der Waals surface area (Å²) in [5, 5.41) is 2.93. The zero-order chi connectivity index (χ0) is 28.8. The number of hydrogen-bond donors (Lipinski definition) is 1. The molecule has 0 saturated heterocycles. The van der Waals surface area contributed by atoms with E-state index in [1.807, 2.05) is 30.3 Å². The molecule has 41 heavy (non-hydrogen) atoms. The summed E-state index contributed by atoms with van der Waals surface area (Å²) in [6.45, 7) is 0.639. The molecule has 0 aromatic heterocycles. The average molecular weight is 553 g/mol. The zero-order valence-electron chi connectivity index (χ0n) is 22.7. The number of benzene rings is 4. The van der Waals surface area contributed by atoms with Crippen molar-refractivity contribution in [3.05, 3.63) is 125 Å². The van der Waals surface area contributed by atoms with Crippen LogP contribution in [0.3, 0.4) is 0 Å². The maximum absolute atomic E-state index is 13.8. The van der Waals surface area contributed by atoms with Crippen molar-refractivity contribution < 1.29 is 28.2 Å². The molecule has 0 spiro atoms. The topological polar surface area (TPSA) is 77.1 Å². The smallest absolute Gasteiger partial charge is 0.294 e. The number of amides is 2. The molecule has 0 atom stereocenters. The van der Waals surface area contributed by atoms with Crippen LogP contribution in [0.25, 0.3) is 6.08 Å². The first kappa shape index (κ1) is 27.5. The van der Waals surface area contributed by atoms with Gasteiger partial charge in [0, 0.05) is 12.1 Å². The standard InChI is InChI=1S/C33H29FN2O5/c1-39-29-15-12-23(19-30(29)40-2)16-17-35-32(37)25-13-10-22(11-14-25)20-31-33(38)36(21-24-6-5-7-26(34)18-24)27-8-3-4-9-28(27)41-31/h3-15,18-20H,16-17,21H2,1-2H3,(H,35,37). The summed E-state index contributed by atoms with van der Waals surface area (Å²) in [5.74, 6) is 1.04. The van der Waals surface area contributed by atoms with E-state index >= 15 is 0 Å². The molecular weight excluding hydrogens is 523 g/mol. The number of carbonyl (C=O) groups excluding carboxylic acids is 2. The van der Waals surface area contributed by atoms with E-state index in [9.17, 15) is 14.0 Å². The summed E-state index contributed by atoms with van der Waals surface area (Å²) in [6, 6.07) is 25.9. The van der Waals surface area contributed by atoms with Crippen LogP contribution in [0.4, 0.5) is 10.1 Å². The van der Waals surface area contributed by atoms with E-state index in [0.717, 1.165) is 5.56 Å². The Morgan fingerprint density at radius 2 is 1.68 bits per heavy atom. The Labute approximate surface area is 237 Å². The monoisotopic (exact) mass is 552 g/mol. The van der Waals surface area contributed by atoms with Gasteiger partial charge in [0.1, 0.15) is 5.82 Å². The van der Waals surface area contributed by atoms with Crippen molar-refractivity contribution in [3.8, 4) is 17.2 Å². The molecule has 7 nitrogen and oxygen atoms in total. The molecule has 1 N–H and O–H groups in total. The highest BCUT2D eigenvalue weighted by molar-refractivity contribution is 6.09. The maximum Gasteiger partial charge on any atom is 0.294 e. The normalized spacial score (nSPS) is 13.4. The highest BCUT2D eigenvalue weighted by Crippen LogP contribution is 2.36. The maximum atomic E-state index is 13.8. The third-order valence-electron chi connectivity index (χ3n) is 6.68. The fraction of sp³-hybridized carbons (Fsp3) is 0.152. The van der Waals surface area contributed by atoms with Crippen molar-refractivity contribution in [1.29, 1.82) is 0 Å². The first-order valence-electron chi connectivity index (χ1n) is 13.1. The Bertz CT molecular complexity index is 1600. The van der Waals surface area contributed by atoms with Crippen LogP contribution in [0, 0.1) is 5.82 Å². The SMILES string of the molecule is COc1ccc(CCNC(=O)c2ccc(C=C3Oc4ccccc4N(Cc4cccc(F)c4)C3=O)cc2)cc1OC. The van der Waals surface area contributed by atoms with Gasteiger partial charge in [-0.05, 0) is 77.7 Å². The predicted molar refractivity (Wildman–Crippen MR) is 155 cm³/mol. The quantitative estimate of drug-likeness (QED) is 0.266. The summed E-state index contributed by atoms with van der Waals surface area (Å²) in [5.41, 5.74) is 3.47. The molecule has 8 heteroatoms. The van der Waals surface area contributed by atoms with Crippen molar-refractivity contribution in [2.45, 2.75) is 13.0 Å². The number of halogens is 1. The minimum Gasteiger partial charge on any atom is -0.493 e. The van der Waals surface area contributed by atoms with E-state index < -0.39 is 0 Å². The number of rotatable bonds is 9. The summed E-state index contributed by atoms with van der Waals surface area (Å²) in [4.78, 5) is 27.7. The number of anilines is 1. The molecule has 0 unspecified atom stereocenters. The molecule has 1 aliphatic rings. The minimum absolute atomic E-state index is 0.132. The van der Waals surface area contributed by atoms with E-state index in [4.69, 9.17) is 14.2 Å². The number of ether oxygens (including phenoxy) is 3. The second kappa shape index (κ2) is 12.4. The molecule has 0 fully saturated rings. The molecule has 5 rings (SSSR count). The second-order valence-electron chi connectivity index (χ2n) is 9.42. The molecular formula is C33H29FN2O5. The van der Waals surface area contributed by atoms with Crippen molar-refractivity contribution >= 4 is 23.6 Å². The number of hydrogen-bond acceptors (Lipinski definition) is 5. The third-order valence-corrected chi connectivity index (χ3v) is 6.68. The number of nitrogens with zero attached hydrogens (tertiary/aromatic N) is 1.